The average Bonchev–Trinajstić information content (AvgIpc) is 3.54. The first-order valence-corrected chi connectivity index (χ1v) is 23.1. The van der Waals surface area contributed by atoms with Gasteiger partial charge in [-0.2, -0.15) is 0 Å². The van der Waals surface area contributed by atoms with Crippen LogP contribution in [0.3, 0.4) is 0 Å². The lowest BCUT2D eigenvalue weighted by molar-refractivity contribution is -0.160. The number of amides is 1. The number of Topliss-reactive ketones (excluding diaryl/α,β-unsaturated/α-hetero) is 1. The Hall–Kier alpha value is -5.18. The number of anilines is 1. The van der Waals surface area contributed by atoms with Gasteiger partial charge in [0.1, 0.15) is 23.4 Å². The molecule has 0 saturated heterocycles. The highest BCUT2D eigenvalue weighted by atomic mass is 16.7. The van der Waals surface area contributed by atoms with Crippen molar-refractivity contribution in [2.75, 3.05) is 12.4 Å². The lowest BCUT2D eigenvalue weighted by Gasteiger charge is -2.38. The second-order valence-electron chi connectivity index (χ2n) is 18.3. The molecule has 1 aliphatic carbocycles. The standard InChI is InChI=1S/C51H70N2O12/c1-11-12-14-20-35(52-34-21-15-13-16-22-34)23-24-36-41-46(59)39-38(45(36)58)40-48(32(7)44(39)57)65-51(9,49(40)60)63-26-25-37(62-10)29(4)47(64-33(8)54)31(6)43(56)30(5)42(55)27(2)18-17-19-28(3)50(61)53-41/h17-19,23-27,29-31,34,37,42-43,47,55-59H,11-16,20-22H2,1-10H3,(H,53,61)/b18-17-,24-23+,26-25-,28-19-,52-35?/t27-,29+,30+,31+,37-,42-,43+,47+,51-/m0/s1. The second kappa shape index (κ2) is 21.9. The van der Waals surface area contributed by atoms with E-state index in [9.17, 15) is 39.9 Å². The fourth-order valence-electron chi connectivity index (χ4n) is 9.28. The van der Waals surface area contributed by atoms with Crippen molar-refractivity contribution in [1.29, 1.82) is 0 Å². The quantitative estimate of drug-likeness (QED) is 0.0457. The molecule has 1 saturated carbocycles. The van der Waals surface area contributed by atoms with Gasteiger partial charge < -0.3 is 49.8 Å². The highest BCUT2D eigenvalue weighted by molar-refractivity contribution is 6.23. The molecule has 0 aromatic heterocycles. The van der Waals surface area contributed by atoms with Crippen molar-refractivity contribution in [3.05, 3.63) is 58.9 Å². The number of benzene rings is 2. The normalized spacial score (nSPS) is 30.5. The average molecular weight is 903 g/mol. The third-order valence-electron chi connectivity index (χ3n) is 13.4. The molecule has 2 aromatic carbocycles. The number of ketones is 1. The summed E-state index contributed by atoms with van der Waals surface area (Å²) < 4.78 is 23.8. The van der Waals surface area contributed by atoms with Gasteiger partial charge in [-0.3, -0.25) is 19.4 Å². The van der Waals surface area contributed by atoms with Crippen LogP contribution in [-0.2, 0) is 23.8 Å². The summed E-state index contributed by atoms with van der Waals surface area (Å²) in [4.78, 5) is 46.1. The fourth-order valence-corrected chi connectivity index (χ4v) is 9.28. The number of aliphatic imine (C=N–C) groups is 1. The highest BCUT2D eigenvalue weighted by Crippen LogP contribution is 2.55. The van der Waals surface area contributed by atoms with Gasteiger partial charge >= 0.3 is 11.8 Å². The van der Waals surface area contributed by atoms with E-state index in [-0.39, 0.29) is 50.5 Å². The number of phenolic OH excluding ortho intramolecular Hbond substituents is 3. The number of aromatic hydroxyl groups is 3. The number of fused-ring (bicyclic) bond motifs is 14. The van der Waals surface area contributed by atoms with Crippen molar-refractivity contribution >= 4 is 45.9 Å². The number of carbonyl (C=O) groups excluding carboxylic acids is 3. The van der Waals surface area contributed by atoms with Gasteiger partial charge in [0, 0.05) is 72.4 Å². The molecule has 14 nitrogen and oxygen atoms in total. The van der Waals surface area contributed by atoms with Crippen molar-refractivity contribution < 1.29 is 58.9 Å². The maximum atomic E-state index is 14.6. The first-order chi connectivity index (χ1) is 30.8. The number of unbranched alkanes of at least 4 members (excludes halogenated alkanes) is 2. The van der Waals surface area contributed by atoms with Gasteiger partial charge in [-0.05, 0) is 57.8 Å². The zero-order chi connectivity index (χ0) is 47.9. The van der Waals surface area contributed by atoms with E-state index in [0.717, 1.165) is 57.1 Å². The summed E-state index contributed by atoms with van der Waals surface area (Å²) in [6, 6.07) is 0.148. The molecule has 356 valence electrons. The molecule has 0 radical (unpaired) electrons. The van der Waals surface area contributed by atoms with E-state index in [2.05, 4.69) is 12.2 Å². The van der Waals surface area contributed by atoms with Gasteiger partial charge in [-0.15, -0.1) is 0 Å². The minimum Gasteiger partial charge on any atom is -0.507 e. The Morgan fingerprint density at radius 3 is 2.28 bits per heavy atom. The number of rotatable bonds is 9. The van der Waals surface area contributed by atoms with Crippen LogP contribution in [0.2, 0.25) is 0 Å². The smallest absolute Gasteiger partial charge is 0.312 e. The van der Waals surface area contributed by atoms with E-state index in [1.54, 1.807) is 58.9 Å². The van der Waals surface area contributed by atoms with Crippen molar-refractivity contribution in [1.82, 2.24) is 0 Å². The van der Waals surface area contributed by atoms with E-state index in [1.165, 1.54) is 46.3 Å². The van der Waals surface area contributed by atoms with Crippen LogP contribution in [0.5, 0.6) is 23.0 Å². The number of methoxy groups -OCH3 is 1. The van der Waals surface area contributed by atoms with Gasteiger partial charge in [-0.25, -0.2) is 0 Å². The van der Waals surface area contributed by atoms with Crippen molar-refractivity contribution in [2.24, 2.45) is 28.7 Å². The third kappa shape index (κ3) is 11.1. The van der Waals surface area contributed by atoms with Gasteiger partial charge in [0.05, 0.1) is 47.3 Å². The zero-order valence-electron chi connectivity index (χ0n) is 39.6. The van der Waals surface area contributed by atoms with Crippen molar-refractivity contribution in [2.45, 2.75) is 156 Å². The SMILES string of the molecule is CCCCCC(/C=C/c1c2c(O)c3c(O)c(C)c4c(c3c1O)C(=O)[C@@](C)(O/C=C\[C@H](OC)[C@@H](C)[C@@H](OC(C)=O)[C@H](C)[C@H](O)[C@H](C)[C@@H](O)[C@@H](C)/C=C\C=C(\C)C(=O)N2)O4)=NC1CCCCC1. The molecule has 2 aromatic rings. The zero-order valence-corrected chi connectivity index (χ0v) is 39.6. The van der Waals surface area contributed by atoms with E-state index in [0.29, 0.717) is 6.42 Å². The maximum absolute atomic E-state index is 14.6. The topological polar surface area (TPSA) is 214 Å². The number of hydrogen-bond donors (Lipinski definition) is 6. The van der Waals surface area contributed by atoms with Gasteiger partial charge in [-0.1, -0.05) is 85.0 Å². The molecule has 9 atom stereocenters. The first-order valence-electron chi connectivity index (χ1n) is 23.1. The molecular formula is C51H70N2O12. The molecular weight excluding hydrogens is 833 g/mol. The van der Waals surface area contributed by atoms with E-state index in [4.69, 9.17) is 23.9 Å². The van der Waals surface area contributed by atoms with Crippen molar-refractivity contribution in [3.8, 4) is 23.0 Å². The first kappa shape index (κ1) is 50.8. The third-order valence-corrected chi connectivity index (χ3v) is 13.4. The number of hydrogen-bond acceptors (Lipinski definition) is 13. The summed E-state index contributed by atoms with van der Waals surface area (Å²) in [5, 5.41) is 61.6. The Morgan fingerprint density at radius 1 is 0.938 bits per heavy atom. The Labute approximate surface area is 383 Å². The number of carbonyl (C=O) groups is 3. The summed E-state index contributed by atoms with van der Waals surface area (Å²) in [7, 11) is 1.45. The number of nitrogens with zero attached hydrogens (tertiary/aromatic N) is 1. The number of ether oxygens (including phenoxy) is 4. The van der Waals surface area contributed by atoms with Crippen LogP contribution in [0, 0.1) is 30.6 Å². The Kier molecular flexibility index (Phi) is 17.1. The lowest BCUT2D eigenvalue weighted by Crippen LogP contribution is -2.46. The molecule has 1 amide bonds. The van der Waals surface area contributed by atoms with E-state index >= 15 is 0 Å². The molecule has 6 rings (SSSR count). The van der Waals surface area contributed by atoms with E-state index in [1.807, 2.05) is 0 Å². The number of phenols is 3. The highest BCUT2D eigenvalue weighted by Gasteiger charge is 2.50. The number of nitrogens with one attached hydrogen (secondary N) is 1. The summed E-state index contributed by atoms with van der Waals surface area (Å²) >= 11 is 0. The minimum atomic E-state index is -2.04. The molecule has 5 bridgehead atoms. The molecule has 3 aliphatic heterocycles. The van der Waals surface area contributed by atoms with Gasteiger partial charge in [0.2, 0.25) is 0 Å². The van der Waals surface area contributed by atoms with Crippen LogP contribution >= 0.6 is 0 Å². The predicted octanol–water partition coefficient (Wildman–Crippen LogP) is 9.12. The lowest BCUT2D eigenvalue weighted by atomic mass is 9.78. The number of esters is 1. The molecule has 0 spiro atoms. The van der Waals surface area contributed by atoms with Crippen LogP contribution < -0.4 is 10.1 Å². The summed E-state index contributed by atoms with van der Waals surface area (Å²) in [5.74, 6) is -8.15. The molecule has 3 heterocycles. The Morgan fingerprint density at radius 2 is 1.63 bits per heavy atom. The van der Waals surface area contributed by atoms with Crippen LogP contribution in [0.15, 0.2) is 47.2 Å². The summed E-state index contributed by atoms with van der Waals surface area (Å²) in [6.07, 6.45) is 15.8. The molecule has 6 N–H and O–H groups in total. The van der Waals surface area contributed by atoms with Crippen LogP contribution in [0.25, 0.3) is 16.8 Å². The number of aliphatic hydroxyl groups is 2. The minimum absolute atomic E-state index is 0.0292. The largest absolute Gasteiger partial charge is 0.507 e. The summed E-state index contributed by atoms with van der Waals surface area (Å²) in [6.45, 7) is 14.8. The Balaban J connectivity index is 1.73. The molecule has 1 fully saturated rings. The molecule has 4 aliphatic rings. The monoisotopic (exact) mass is 902 g/mol. The van der Waals surface area contributed by atoms with E-state index < -0.39 is 88.8 Å². The van der Waals surface area contributed by atoms with Crippen LogP contribution in [0.1, 0.15) is 135 Å². The molecule has 65 heavy (non-hydrogen) atoms. The van der Waals surface area contributed by atoms with Crippen LogP contribution in [0.4, 0.5) is 5.69 Å². The molecule has 14 heteroatoms. The number of allylic oxidation sites excluding steroid dienone is 3. The Bertz CT molecular complexity index is 2240. The summed E-state index contributed by atoms with van der Waals surface area (Å²) in [5.41, 5.74) is 0.671. The van der Waals surface area contributed by atoms with Crippen LogP contribution in [-0.4, -0.2) is 92.3 Å². The maximum Gasteiger partial charge on any atom is 0.312 e. The van der Waals surface area contributed by atoms with Crippen molar-refractivity contribution in [3.63, 3.8) is 0 Å². The molecule has 0 unspecified atom stereocenters. The fraction of sp³-hybridized carbons (Fsp3) is 0.569. The number of aliphatic hydroxyl groups excluding tert-OH is 2. The van der Waals surface area contributed by atoms with Gasteiger partial charge in [0.15, 0.2) is 5.75 Å². The second-order valence-corrected chi connectivity index (χ2v) is 18.3. The predicted molar refractivity (Wildman–Crippen MR) is 251 cm³/mol. The van der Waals surface area contributed by atoms with Gasteiger partial charge in [0.25, 0.3) is 11.7 Å².